The summed E-state index contributed by atoms with van der Waals surface area (Å²) in [5, 5.41) is 0. The van der Waals surface area contributed by atoms with Crippen molar-refractivity contribution in [3.05, 3.63) is 29.3 Å². The molecule has 3 rings (SSSR count). The largest absolute Gasteiger partial charge is 0.299 e. The van der Waals surface area contributed by atoms with Crippen LogP contribution in [-0.2, 0) is 19.9 Å². The minimum atomic E-state index is -3.52. The number of aryl methyl sites for hydroxylation is 2. The number of piperidine rings is 1. The van der Waals surface area contributed by atoms with Gasteiger partial charge < -0.3 is 0 Å². The molecule has 1 aromatic carbocycles. The van der Waals surface area contributed by atoms with Crippen LogP contribution in [0, 0.1) is 13.8 Å². The third-order valence-electron chi connectivity index (χ3n) is 5.08. The predicted molar refractivity (Wildman–Crippen MR) is 97.9 cm³/mol. The van der Waals surface area contributed by atoms with Crippen molar-refractivity contribution in [2.75, 3.05) is 24.6 Å². The van der Waals surface area contributed by atoms with Crippen molar-refractivity contribution in [3.8, 4) is 0 Å². The quantitative estimate of drug-likeness (QED) is 0.842. The summed E-state index contributed by atoms with van der Waals surface area (Å²) >= 11 is 0. The molecule has 1 atom stereocenters. The van der Waals surface area contributed by atoms with Crippen molar-refractivity contribution in [1.29, 1.82) is 0 Å². The van der Waals surface area contributed by atoms with Crippen LogP contribution in [0.3, 0.4) is 0 Å². The van der Waals surface area contributed by atoms with Crippen LogP contribution in [-0.4, -0.2) is 58.4 Å². The normalized spacial score (nSPS) is 25.3. The molecule has 2 aliphatic heterocycles. The van der Waals surface area contributed by atoms with Crippen LogP contribution in [0.25, 0.3) is 0 Å². The second-order valence-corrected chi connectivity index (χ2v) is 11.3. The molecule has 0 unspecified atom stereocenters. The summed E-state index contributed by atoms with van der Waals surface area (Å²) < 4.78 is 51.3. The first-order valence-electron chi connectivity index (χ1n) is 8.70. The van der Waals surface area contributed by atoms with Gasteiger partial charge in [-0.2, -0.15) is 0 Å². The van der Waals surface area contributed by atoms with Crippen LogP contribution in [0.4, 0.5) is 0 Å². The molecule has 0 aromatic heterocycles. The van der Waals surface area contributed by atoms with E-state index in [2.05, 4.69) is 9.62 Å². The molecule has 2 saturated heterocycles. The maximum absolute atomic E-state index is 12.6. The first-order chi connectivity index (χ1) is 11.6. The van der Waals surface area contributed by atoms with E-state index < -0.39 is 19.9 Å². The van der Waals surface area contributed by atoms with Crippen LogP contribution in [0.5, 0.6) is 0 Å². The van der Waals surface area contributed by atoms with Gasteiger partial charge in [0.25, 0.3) is 0 Å². The Balaban J connectivity index is 1.60. The second kappa shape index (κ2) is 6.98. The van der Waals surface area contributed by atoms with Gasteiger partial charge in [-0.1, -0.05) is 6.07 Å². The van der Waals surface area contributed by atoms with Crippen molar-refractivity contribution < 1.29 is 16.8 Å². The van der Waals surface area contributed by atoms with Crippen molar-refractivity contribution >= 4 is 19.9 Å². The fourth-order valence-corrected chi connectivity index (χ4v) is 7.08. The summed E-state index contributed by atoms with van der Waals surface area (Å²) in [7, 11) is -6.41. The molecule has 0 bridgehead atoms. The average Bonchev–Trinajstić information content (AvgIpc) is 2.87. The minimum absolute atomic E-state index is 0.0971. The fourth-order valence-electron chi connectivity index (χ4n) is 3.82. The third-order valence-corrected chi connectivity index (χ3v) is 8.33. The van der Waals surface area contributed by atoms with E-state index in [0.717, 1.165) is 24.2 Å². The van der Waals surface area contributed by atoms with E-state index >= 15 is 0 Å². The van der Waals surface area contributed by atoms with E-state index in [9.17, 15) is 16.8 Å². The topological polar surface area (TPSA) is 83.6 Å². The zero-order valence-corrected chi connectivity index (χ0v) is 16.4. The summed E-state index contributed by atoms with van der Waals surface area (Å²) in [5.41, 5.74) is 1.86. The summed E-state index contributed by atoms with van der Waals surface area (Å²) in [4.78, 5) is 2.51. The molecule has 6 nitrogen and oxygen atoms in total. The molecule has 1 aromatic rings. The maximum atomic E-state index is 12.6. The van der Waals surface area contributed by atoms with E-state index in [1.807, 2.05) is 19.9 Å². The standard InChI is InChI=1S/C17H26N2O4S2/c1-13-9-14(2)11-17(10-13)25(22,23)18-15-3-6-19(7-4-15)16-5-8-24(20,21)12-16/h9-11,15-16,18H,3-8,12H2,1-2H3/t16-/m0/s1. The number of likely N-dealkylation sites (tertiary alicyclic amines) is 1. The van der Waals surface area contributed by atoms with Gasteiger partial charge in [0.2, 0.25) is 10.0 Å². The molecule has 2 fully saturated rings. The first-order valence-corrected chi connectivity index (χ1v) is 12.0. The molecule has 0 aliphatic carbocycles. The Labute approximate surface area is 150 Å². The Hall–Kier alpha value is -0.960. The molecule has 2 heterocycles. The molecular formula is C17H26N2O4S2. The predicted octanol–water partition coefficient (Wildman–Crippen LogP) is 1.23. The van der Waals surface area contributed by atoms with Gasteiger partial charge in [-0.05, 0) is 69.5 Å². The van der Waals surface area contributed by atoms with Crippen molar-refractivity contribution in [2.45, 2.75) is 50.1 Å². The smallest absolute Gasteiger partial charge is 0.240 e. The highest BCUT2D eigenvalue weighted by atomic mass is 32.2. The summed E-state index contributed by atoms with van der Waals surface area (Å²) in [5.74, 6) is 0.517. The monoisotopic (exact) mass is 386 g/mol. The number of nitrogens with one attached hydrogen (secondary N) is 1. The molecular weight excluding hydrogens is 360 g/mol. The molecule has 0 spiro atoms. The molecule has 25 heavy (non-hydrogen) atoms. The number of sulfonamides is 1. The zero-order chi connectivity index (χ0) is 18.2. The van der Waals surface area contributed by atoms with Crippen molar-refractivity contribution in [1.82, 2.24) is 9.62 Å². The number of hydrogen-bond donors (Lipinski definition) is 1. The van der Waals surface area contributed by atoms with Gasteiger partial charge in [0.05, 0.1) is 16.4 Å². The van der Waals surface area contributed by atoms with Crippen LogP contribution in [0.15, 0.2) is 23.1 Å². The van der Waals surface area contributed by atoms with Crippen LogP contribution in [0.2, 0.25) is 0 Å². The molecule has 140 valence electrons. The Morgan fingerprint density at radius 2 is 1.64 bits per heavy atom. The van der Waals surface area contributed by atoms with Gasteiger partial charge in [0.15, 0.2) is 9.84 Å². The fraction of sp³-hybridized carbons (Fsp3) is 0.647. The Morgan fingerprint density at radius 3 is 2.16 bits per heavy atom. The van der Waals surface area contributed by atoms with Gasteiger partial charge in [0, 0.05) is 12.1 Å². The Kier molecular flexibility index (Phi) is 5.26. The van der Waals surface area contributed by atoms with E-state index in [1.54, 1.807) is 12.1 Å². The number of sulfone groups is 1. The number of hydrogen-bond acceptors (Lipinski definition) is 5. The van der Waals surface area contributed by atoms with E-state index in [0.29, 0.717) is 24.2 Å². The molecule has 0 saturated carbocycles. The van der Waals surface area contributed by atoms with Crippen molar-refractivity contribution in [3.63, 3.8) is 0 Å². The number of nitrogens with zero attached hydrogens (tertiary/aromatic N) is 1. The molecule has 1 N–H and O–H groups in total. The summed E-state index contributed by atoms with van der Waals surface area (Å²) in [6, 6.07) is 5.33. The molecule has 8 heteroatoms. The summed E-state index contributed by atoms with van der Waals surface area (Å²) in [6.45, 7) is 5.25. The lowest BCUT2D eigenvalue weighted by molar-refractivity contribution is 0.161. The van der Waals surface area contributed by atoms with Gasteiger partial charge in [-0.15, -0.1) is 0 Å². The Morgan fingerprint density at radius 1 is 1.04 bits per heavy atom. The van der Waals surface area contributed by atoms with Crippen molar-refractivity contribution in [2.24, 2.45) is 0 Å². The first kappa shape index (κ1) is 18.8. The average molecular weight is 387 g/mol. The highest BCUT2D eigenvalue weighted by Gasteiger charge is 2.34. The number of rotatable bonds is 4. The third kappa shape index (κ3) is 4.61. The SMILES string of the molecule is Cc1cc(C)cc(S(=O)(=O)NC2CCN([C@H]3CCS(=O)(=O)C3)CC2)c1. The lowest BCUT2D eigenvalue weighted by Crippen LogP contribution is -2.48. The minimum Gasteiger partial charge on any atom is -0.299 e. The van der Waals surface area contributed by atoms with Crippen LogP contribution >= 0.6 is 0 Å². The van der Waals surface area contributed by atoms with Gasteiger partial charge in [-0.25, -0.2) is 21.6 Å². The molecule has 0 radical (unpaired) electrons. The van der Waals surface area contributed by atoms with Gasteiger partial charge >= 0.3 is 0 Å². The highest BCUT2D eigenvalue weighted by molar-refractivity contribution is 7.91. The molecule has 0 amide bonds. The lowest BCUT2D eigenvalue weighted by Gasteiger charge is -2.35. The highest BCUT2D eigenvalue weighted by Crippen LogP contribution is 2.23. The summed E-state index contributed by atoms with van der Waals surface area (Å²) in [6.07, 6.45) is 2.11. The van der Waals surface area contributed by atoms with Gasteiger partial charge in [-0.3, -0.25) is 4.90 Å². The lowest BCUT2D eigenvalue weighted by atomic mass is 10.0. The maximum Gasteiger partial charge on any atom is 0.240 e. The Bertz CT molecular complexity index is 821. The van der Waals surface area contributed by atoms with Crippen LogP contribution < -0.4 is 4.72 Å². The van der Waals surface area contributed by atoms with E-state index in [1.165, 1.54) is 0 Å². The van der Waals surface area contributed by atoms with E-state index in [-0.39, 0.29) is 23.6 Å². The van der Waals surface area contributed by atoms with Crippen LogP contribution in [0.1, 0.15) is 30.4 Å². The van der Waals surface area contributed by atoms with Gasteiger partial charge in [0.1, 0.15) is 0 Å². The molecule has 2 aliphatic rings. The van der Waals surface area contributed by atoms with E-state index in [4.69, 9.17) is 0 Å². The number of benzene rings is 1. The zero-order valence-electron chi connectivity index (χ0n) is 14.7. The second-order valence-electron chi connectivity index (χ2n) is 7.31.